The Kier molecular flexibility index (Phi) is 6.93. The molecule has 2 atom stereocenters. The van der Waals surface area contributed by atoms with E-state index in [1.807, 2.05) is 6.07 Å². The summed E-state index contributed by atoms with van der Waals surface area (Å²) < 4.78 is 26.4. The smallest absolute Gasteiger partial charge is 0.165 e. The van der Waals surface area contributed by atoms with Crippen LogP contribution in [0.2, 0.25) is 5.02 Å². The van der Waals surface area contributed by atoms with Crippen molar-refractivity contribution < 1.29 is 24.1 Å². The molecule has 2 aromatic carbocycles. The van der Waals surface area contributed by atoms with Crippen molar-refractivity contribution in [3.63, 3.8) is 0 Å². The molecule has 1 aromatic heterocycles. The van der Waals surface area contributed by atoms with Crippen LogP contribution in [-0.2, 0) is 0 Å². The van der Waals surface area contributed by atoms with E-state index in [2.05, 4.69) is 20.2 Å². The predicted molar refractivity (Wildman–Crippen MR) is 131 cm³/mol. The molecule has 8 nitrogen and oxygen atoms in total. The number of benzene rings is 2. The van der Waals surface area contributed by atoms with E-state index in [1.54, 1.807) is 25.3 Å². The number of hydrogen-bond acceptors (Lipinski definition) is 8. The third kappa shape index (κ3) is 4.99. The predicted octanol–water partition coefficient (Wildman–Crippen LogP) is 3.90. The highest BCUT2D eigenvalue weighted by molar-refractivity contribution is 6.31. The summed E-state index contributed by atoms with van der Waals surface area (Å²) in [4.78, 5) is 10.8. The molecule has 3 N–H and O–H groups in total. The SMILES string of the molecule is COc1cc2ncnc(Nc3cccc(Cl)c3F)c2cc1O[C@H]1CC[C@@H](N2C[C@@H](O)[C@@H](O)C2)CC1. The first-order chi connectivity index (χ1) is 16.9. The Balaban J connectivity index is 1.34. The van der Waals surface area contributed by atoms with E-state index >= 15 is 0 Å². The number of aromatic nitrogens is 2. The van der Waals surface area contributed by atoms with E-state index in [-0.39, 0.29) is 16.8 Å². The molecule has 3 aromatic rings. The summed E-state index contributed by atoms with van der Waals surface area (Å²) in [5.74, 6) is 1.00. The molecule has 10 heteroatoms. The minimum Gasteiger partial charge on any atom is -0.493 e. The van der Waals surface area contributed by atoms with Crippen molar-refractivity contribution in [3.8, 4) is 11.5 Å². The first kappa shape index (κ1) is 24.0. The van der Waals surface area contributed by atoms with Gasteiger partial charge < -0.3 is 25.0 Å². The second-order valence-corrected chi connectivity index (χ2v) is 9.51. The van der Waals surface area contributed by atoms with Gasteiger partial charge in [0.1, 0.15) is 12.1 Å². The number of aliphatic hydroxyl groups excluding tert-OH is 2. The molecule has 0 spiro atoms. The number of anilines is 2. The van der Waals surface area contributed by atoms with E-state index in [1.165, 1.54) is 12.4 Å². The largest absolute Gasteiger partial charge is 0.493 e. The molecule has 2 aliphatic rings. The molecule has 1 saturated carbocycles. The summed E-state index contributed by atoms with van der Waals surface area (Å²) in [5, 5.41) is 23.4. The van der Waals surface area contributed by atoms with Gasteiger partial charge in [-0.3, -0.25) is 4.90 Å². The maximum absolute atomic E-state index is 14.5. The van der Waals surface area contributed by atoms with Gasteiger partial charge in [-0.05, 0) is 43.9 Å². The minimum atomic E-state index is -0.670. The van der Waals surface area contributed by atoms with Crippen molar-refractivity contribution in [2.45, 2.75) is 50.0 Å². The van der Waals surface area contributed by atoms with Crippen molar-refractivity contribution in [1.82, 2.24) is 14.9 Å². The number of halogens is 2. The molecule has 2 heterocycles. The van der Waals surface area contributed by atoms with Gasteiger partial charge in [-0.2, -0.15) is 0 Å². The molecule has 0 bridgehead atoms. The average Bonchev–Trinajstić information content (AvgIpc) is 3.20. The zero-order chi connectivity index (χ0) is 24.5. The molecule has 1 saturated heterocycles. The molecular formula is C25H28ClFN4O4. The van der Waals surface area contributed by atoms with Gasteiger partial charge in [0.2, 0.25) is 0 Å². The van der Waals surface area contributed by atoms with E-state index in [9.17, 15) is 14.6 Å². The lowest BCUT2D eigenvalue weighted by atomic mass is 9.92. The number of aliphatic hydroxyl groups is 2. The maximum atomic E-state index is 14.5. The maximum Gasteiger partial charge on any atom is 0.165 e. The lowest BCUT2D eigenvalue weighted by Gasteiger charge is -2.34. The third-order valence-corrected chi connectivity index (χ3v) is 7.16. The first-order valence-electron chi connectivity index (χ1n) is 11.7. The summed E-state index contributed by atoms with van der Waals surface area (Å²) in [6.45, 7) is 1.03. The summed E-state index contributed by atoms with van der Waals surface area (Å²) in [6.07, 6.45) is 3.60. The Bertz CT molecular complexity index is 1200. The Labute approximate surface area is 207 Å². The Morgan fingerprint density at radius 3 is 2.51 bits per heavy atom. The van der Waals surface area contributed by atoms with Crippen molar-refractivity contribution in [3.05, 3.63) is 47.5 Å². The lowest BCUT2D eigenvalue weighted by Crippen LogP contribution is -2.39. The van der Waals surface area contributed by atoms with E-state index in [4.69, 9.17) is 21.1 Å². The number of rotatable bonds is 6. The van der Waals surface area contributed by atoms with Gasteiger partial charge in [-0.15, -0.1) is 0 Å². The second-order valence-electron chi connectivity index (χ2n) is 9.11. The van der Waals surface area contributed by atoms with Crippen LogP contribution in [0.15, 0.2) is 36.7 Å². The van der Waals surface area contributed by atoms with Crippen LogP contribution in [0.3, 0.4) is 0 Å². The van der Waals surface area contributed by atoms with Crippen molar-refractivity contribution in [2.24, 2.45) is 0 Å². The van der Waals surface area contributed by atoms with Gasteiger partial charge in [-0.25, -0.2) is 14.4 Å². The molecule has 1 aliphatic heterocycles. The summed E-state index contributed by atoms with van der Waals surface area (Å²) in [5.41, 5.74) is 0.843. The fourth-order valence-corrected chi connectivity index (χ4v) is 5.12. The second kappa shape index (κ2) is 10.1. The number of likely N-dealkylation sites (tertiary alicyclic amines) is 1. The highest BCUT2D eigenvalue weighted by Gasteiger charge is 2.36. The molecule has 0 unspecified atom stereocenters. The number of nitrogens with zero attached hydrogens (tertiary/aromatic N) is 3. The number of hydrogen-bond donors (Lipinski definition) is 3. The van der Waals surface area contributed by atoms with Crippen LogP contribution in [0, 0.1) is 5.82 Å². The molecule has 0 amide bonds. The number of β-amino-alcohol motifs (C(OH)–C–C–N with tert-alkyl or cyclic N) is 2. The summed E-state index contributed by atoms with van der Waals surface area (Å²) in [6, 6.07) is 8.67. The van der Waals surface area contributed by atoms with Crippen LogP contribution in [0.25, 0.3) is 10.9 Å². The number of nitrogens with one attached hydrogen (secondary N) is 1. The fourth-order valence-electron chi connectivity index (χ4n) is 4.95. The van der Waals surface area contributed by atoms with Crippen molar-refractivity contribution in [2.75, 3.05) is 25.5 Å². The summed E-state index contributed by atoms with van der Waals surface area (Å²) in [7, 11) is 1.58. The number of ether oxygens (including phenoxy) is 2. The normalized spacial score (nSPS) is 25.1. The monoisotopic (exact) mass is 502 g/mol. The van der Waals surface area contributed by atoms with Gasteiger partial charge in [-0.1, -0.05) is 17.7 Å². The molecule has 5 rings (SSSR count). The zero-order valence-electron chi connectivity index (χ0n) is 19.3. The van der Waals surface area contributed by atoms with Gasteiger partial charge >= 0.3 is 0 Å². The van der Waals surface area contributed by atoms with Gasteiger partial charge in [0, 0.05) is 30.6 Å². The molecule has 186 valence electrons. The fraction of sp³-hybridized carbons (Fsp3) is 0.440. The molecule has 0 radical (unpaired) electrons. The van der Waals surface area contributed by atoms with Gasteiger partial charge in [0.05, 0.1) is 41.6 Å². The van der Waals surface area contributed by atoms with Crippen LogP contribution in [0.4, 0.5) is 15.9 Å². The highest BCUT2D eigenvalue weighted by atomic mass is 35.5. The standard InChI is InChI=1S/C25H28ClFN4O4/c1-34-22-10-19-16(25(29-13-28-19)30-18-4-2-3-17(26)24(18)27)9-23(22)35-15-7-5-14(6-8-15)31-11-20(32)21(33)12-31/h2-4,9-10,13-15,20-21,32-33H,5-8,11-12H2,1H3,(H,28,29,30)/t14-,15+,20-,21+. The number of methoxy groups -OCH3 is 1. The molecule has 1 aliphatic carbocycles. The van der Waals surface area contributed by atoms with E-state index in [0.717, 1.165) is 25.7 Å². The average molecular weight is 503 g/mol. The van der Waals surface area contributed by atoms with Crippen molar-refractivity contribution >= 4 is 34.0 Å². The first-order valence-corrected chi connectivity index (χ1v) is 12.1. The van der Waals surface area contributed by atoms with Crippen LogP contribution in [0.5, 0.6) is 11.5 Å². The zero-order valence-corrected chi connectivity index (χ0v) is 20.1. The van der Waals surface area contributed by atoms with Gasteiger partial charge in [0.25, 0.3) is 0 Å². The molecule has 35 heavy (non-hydrogen) atoms. The van der Waals surface area contributed by atoms with Crippen LogP contribution in [0.1, 0.15) is 25.7 Å². The third-order valence-electron chi connectivity index (χ3n) is 6.87. The Morgan fingerprint density at radius 2 is 1.80 bits per heavy atom. The topological polar surface area (TPSA) is 100.0 Å². The van der Waals surface area contributed by atoms with Gasteiger partial charge in [0.15, 0.2) is 17.3 Å². The van der Waals surface area contributed by atoms with Crippen LogP contribution >= 0.6 is 11.6 Å². The molecule has 2 fully saturated rings. The number of fused-ring (bicyclic) bond motifs is 1. The lowest BCUT2D eigenvalue weighted by molar-refractivity contribution is 0.0572. The van der Waals surface area contributed by atoms with E-state index in [0.29, 0.717) is 47.4 Å². The Morgan fingerprint density at radius 1 is 1.06 bits per heavy atom. The van der Waals surface area contributed by atoms with E-state index < -0.39 is 18.0 Å². The minimum absolute atomic E-state index is 0.00136. The quantitative estimate of drug-likeness (QED) is 0.466. The van der Waals surface area contributed by atoms with Crippen LogP contribution < -0.4 is 14.8 Å². The van der Waals surface area contributed by atoms with Crippen molar-refractivity contribution in [1.29, 1.82) is 0 Å². The Hall–Kier alpha value is -2.72. The highest BCUT2D eigenvalue weighted by Crippen LogP contribution is 2.38. The summed E-state index contributed by atoms with van der Waals surface area (Å²) >= 11 is 5.93. The van der Waals surface area contributed by atoms with Crippen LogP contribution in [-0.4, -0.2) is 69.6 Å². The molecular weight excluding hydrogens is 475 g/mol.